The van der Waals surface area contributed by atoms with Gasteiger partial charge in [0.1, 0.15) is 17.6 Å². The zero-order chi connectivity index (χ0) is 15.2. The number of benzene rings is 2. The summed E-state index contributed by atoms with van der Waals surface area (Å²) in [6.07, 6.45) is -0.856. The van der Waals surface area contributed by atoms with Crippen molar-refractivity contribution in [2.75, 3.05) is 6.61 Å². The first-order valence-corrected chi connectivity index (χ1v) is 6.55. The maximum atomic E-state index is 12.1. The molecule has 0 bridgehead atoms. The molecule has 2 aromatic rings. The van der Waals surface area contributed by atoms with Crippen LogP contribution in [-0.4, -0.2) is 18.3 Å². The number of hydrogen-bond acceptors (Lipinski definition) is 3. The SMILES string of the molecule is CCOc1cccc(C(O)c2ccc(OC(F)F)cc2)c1. The van der Waals surface area contributed by atoms with Gasteiger partial charge >= 0.3 is 6.61 Å². The third kappa shape index (κ3) is 4.16. The van der Waals surface area contributed by atoms with Gasteiger partial charge in [-0.15, -0.1) is 0 Å². The van der Waals surface area contributed by atoms with Crippen molar-refractivity contribution in [2.24, 2.45) is 0 Å². The zero-order valence-corrected chi connectivity index (χ0v) is 11.5. The summed E-state index contributed by atoms with van der Waals surface area (Å²) in [5.74, 6) is 0.732. The fourth-order valence-electron chi connectivity index (χ4n) is 1.97. The highest BCUT2D eigenvalue weighted by atomic mass is 19.3. The lowest BCUT2D eigenvalue weighted by Crippen LogP contribution is -2.03. The highest BCUT2D eigenvalue weighted by Gasteiger charge is 2.12. The molecule has 2 aromatic carbocycles. The molecule has 0 aliphatic carbocycles. The molecule has 112 valence electrons. The Morgan fingerprint density at radius 3 is 2.33 bits per heavy atom. The summed E-state index contributed by atoms with van der Waals surface area (Å²) in [6, 6.07) is 13.0. The predicted octanol–water partition coefficient (Wildman–Crippen LogP) is 3.77. The van der Waals surface area contributed by atoms with Crippen molar-refractivity contribution in [3.8, 4) is 11.5 Å². The molecule has 2 rings (SSSR count). The Kier molecular flexibility index (Phi) is 5.11. The van der Waals surface area contributed by atoms with Gasteiger partial charge in [-0.3, -0.25) is 0 Å². The van der Waals surface area contributed by atoms with Gasteiger partial charge in [-0.05, 0) is 42.3 Å². The maximum absolute atomic E-state index is 12.1. The van der Waals surface area contributed by atoms with Gasteiger partial charge in [0, 0.05) is 0 Å². The van der Waals surface area contributed by atoms with Gasteiger partial charge in [-0.25, -0.2) is 0 Å². The minimum Gasteiger partial charge on any atom is -0.494 e. The summed E-state index contributed by atoms with van der Waals surface area (Å²) in [7, 11) is 0. The molecule has 0 spiro atoms. The summed E-state index contributed by atoms with van der Waals surface area (Å²) < 4.78 is 33.8. The van der Waals surface area contributed by atoms with E-state index in [1.807, 2.05) is 6.92 Å². The largest absolute Gasteiger partial charge is 0.494 e. The molecule has 0 amide bonds. The Labute approximate surface area is 121 Å². The van der Waals surface area contributed by atoms with Crippen LogP contribution in [0.2, 0.25) is 0 Å². The first-order chi connectivity index (χ1) is 10.1. The van der Waals surface area contributed by atoms with E-state index in [0.29, 0.717) is 23.5 Å². The molecule has 0 aromatic heterocycles. The maximum Gasteiger partial charge on any atom is 0.387 e. The molecule has 21 heavy (non-hydrogen) atoms. The van der Waals surface area contributed by atoms with Crippen LogP contribution in [0.3, 0.4) is 0 Å². The summed E-state index contributed by atoms with van der Waals surface area (Å²) >= 11 is 0. The molecule has 0 aliphatic heterocycles. The standard InChI is InChI=1S/C16H16F2O3/c1-2-20-14-5-3-4-12(10-14)15(19)11-6-8-13(9-7-11)21-16(17)18/h3-10,15-16,19H,2H2,1H3. The summed E-state index contributed by atoms with van der Waals surface area (Å²) in [5.41, 5.74) is 1.26. The molecular formula is C16H16F2O3. The Hall–Kier alpha value is -2.14. The van der Waals surface area contributed by atoms with Crippen LogP contribution in [0.25, 0.3) is 0 Å². The van der Waals surface area contributed by atoms with Gasteiger partial charge in [0.25, 0.3) is 0 Å². The van der Waals surface area contributed by atoms with E-state index < -0.39 is 12.7 Å². The Balaban J connectivity index is 2.15. The molecule has 0 aliphatic rings. The van der Waals surface area contributed by atoms with Gasteiger partial charge in [-0.1, -0.05) is 24.3 Å². The van der Waals surface area contributed by atoms with Gasteiger partial charge in [0.2, 0.25) is 0 Å². The quantitative estimate of drug-likeness (QED) is 0.881. The van der Waals surface area contributed by atoms with Crippen LogP contribution >= 0.6 is 0 Å². The Morgan fingerprint density at radius 2 is 1.71 bits per heavy atom. The van der Waals surface area contributed by atoms with E-state index in [2.05, 4.69) is 4.74 Å². The van der Waals surface area contributed by atoms with Gasteiger partial charge in [0.05, 0.1) is 6.61 Å². The smallest absolute Gasteiger partial charge is 0.387 e. The number of rotatable bonds is 6. The lowest BCUT2D eigenvalue weighted by molar-refractivity contribution is -0.0498. The summed E-state index contributed by atoms with van der Waals surface area (Å²) in [6.45, 7) is -0.437. The fraction of sp³-hybridized carbons (Fsp3) is 0.250. The number of halogens is 2. The van der Waals surface area contributed by atoms with Gasteiger partial charge < -0.3 is 14.6 Å². The van der Waals surface area contributed by atoms with Crippen molar-refractivity contribution in [3.05, 3.63) is 59.7 Å². The van der Waals surface area contributed by atoms with Crippen LogP contribution in [0.1, 0.15) is 24.2 Å². The molecule has 0 heterocycles. The molecular weight excluding hydrogens is 278 g/mol. The topological polar surface area (TPSA) is 38.7 Å². The van der Waals surface area contributed by atoms with Crippen LogP contribution in [-0.2, 0) is 0 Å². The van der Waals surface area contributed by atoms with Crippen LogP contribution in [0.5, 0.6) is 11.5 Å². The number of hydrogen-bond donors (Lipinski definition) is 1. The van der Waals surface area contributed by atoms with E-state index in [0.717, 1.165) is 0 Å². The second-order valence-electron chi connectivity index (χ2n) is 4.36. The normalized spacial score (nSPS) is 12.2. The van der Waals surface area contributed by atoms with Crippen molar-refractivity contribution < 1.29 is 23.4 Å². The van der Waals surface area contributed by atoms with Crippen molar-refractivity contribution in [3.63, 3.8) is 0 Å². The monoisotopic (exact) mass is 294 g/mol. The lowest BCUT2D eigenvalue weighted by Gasteiger charge is -2.13. The first-order valence-electron chi connectivity index (χ1n) is 6.55. The highest BCUT2D eigenvalue weighted by Crippen LogP contribution is 2.26. The van der Waals surface area contributed by atoms with E-state index in [-0.39, 0.29) is 5.75 Å². The third-order valence-corrected chi connectivity index (χ3v) is 2.91. The van der Waals surface area contributed by atoms with Crippen LogP contribution in [0, 0.1) is 0 Å². The second kappa shape index (κ2) is 7.04. The van der Waals surface area contributed by atoms with E-state index >= 15 is 0 Å². The molecule has 0 saturated carbocycles. The third-order valence-electron chi connectivity index (χ3n) is 2.91. The minimum atomic E-state index is -2.86. The zero-order valence-electron chi connectivity index (χ0n) is 11.5. The number of alkyl halides is 2. The van der Waals surface area contributed by atoms with Crippen molar-refractivity contribution in [1.29, 1.82) is 0 Å². The van der Waals surface area contributed by atoms with Crippen LogP contribution in [0.15, 0.2) is 48.5 Å². The molecule has 1 unspecified atom stereocenters. The summed E-state index contributed by atoms with van der Waals surface area (Å²) in [5, 5.41) is 10.3. The van der Waals surface area contributed by atoms with Crippen LogP contribution in [0.4, 0.5) is 8.78 Å². The van der Waals surface area contributed by atoms with E-state index in [1.54, 1.807) is 36.4 Å². The van der Waals surface area contributed by atoms with Crippen molar-refractivity contribution >= 4 is 0 Å². The van der Waals surface area contributed by atoms with Crippen molar-refractivity contribution in [2.45, 2.75) is 19.6 Å². The summed E-state index contributed by atoms with van der Waals surface area (Å²) in [4.78, 5) is 0. The molecule has 3 nitrogen and oxygen atoms in total. The first kappa shape index (κ1) is 15.3. The Bertz CT molecular complexity index is 570. The molecule has 0 fully saturated rings. The molecule has 1 atom stereocenters. The number of aliphatic hydroxyl groups excluding tert-OH is 1. The van der Waals surface area contributed by atoms with Gasteiger partial charge in [-0.2, -0.15) is 8.78 Å². The van der Waals surface area contributed by atoms with E-state index in [1.165, 1.54) is 12.1 Å². The van der Waals surface area contributed by atoms with E-state index in [9.17, 15) is 13.9 Å². The average molecular weight is 294 g/mol. The van der Waals surface area contributed by atoms with Gasteiger partial charge in [0.15, 0.2) is 0 Å². The Morgan fingerprint density at radius 1 is 1.00 bits per heavy atom. The molecule has 0 radical (unpaired) electrons. The second-order valence-corrected chi connectivity index (χ2v) is 4.36. The van der Waals surface area contributed by atoms with E-state index in [4.69, 9.17) is 4.74 Å². The molecule has 1 N–H and O–H groups in total. The highest BCUT2D eigenvalue weighted by molar-refractivity contribution is 5.37. The molecule has 0 saturated heterocycles. The average Bonchev–Trinajstić information content (AvgIpc) is 2.47. The minimum absolute atomic E-state index is 0.0593. The number of aliphatic hydroxyl groups is 1. The fourth-order valence-corrected chi connectivity index (χ4v) is 1.97. The van der Waals surface area contributed by atoms with Crippen molar-refractivity contribution in [1.82, 2.24) is 0 Å². The predicted molar refractivity (Wildman–Crippen MR) is 74.7 cm³/mol. The number of ether oxygens (including phenoxy) is 2. The van der Waals surface area contributed by atoms with Crippen LogP contribution < -0.4 is 9.47 Å². The molecule has 5 heteroatoms. The lowest BCUT2D eigenvalue weighted by atomic mass is 10.0.